The third kappa shape index (κ3) is 4.47. The molecule has 0 fully saturated rings. The average molecular weight is 316 g/mol. The first kappa shape index (κ1) is 15.8. The molecular weight excluding hydrogens is 301 g/mol. The number of pyridine rings is 1. The molecule has 0 saturated heterocycles. The van der Waals surface area contributed by atoms with Gasteiger partial charge in [-0.3, -0.25) is 4.98 Å². The summed E-state index contributed by atoms with van der Waals surface area (Å²) in [4.78, 5) is 3.80. The molecule has 0 aromatic carbocycles. The Labute approximate surface area is 124 Å². The molecule has 2 aromatic rings. The summed E-state index contributed by atoms with van der Waals surface area (Å²) in [6, 6.07) is 2.31. The molecule has 0 aliphatic rings. The smallest absolute Gasteiger partial charge is 0.310 e. The Morgan fingerprint density at radius 1 is 1.24 bits per heavy atom. The fraction of sp³-hybridized carbons (Fsp3) is 0.462. The van der Waals surface area contributed by atoms with Gasteiger partial charge in [-0.05, 0) is 24.6 Å². The topological polar surface area (TPSA) is 50.7 Å². The van der Waals surface area contributed by atoms with Crippen LogP contribution in [0.25, 0.3) is 10.7 Å². The molecule has 114 valence electrons. The highest BCUT2D eigenvalue weighted by Gasteiger charge is 2.30. The van der Waals surface area contributed by atoms with Crippen LogP contribution in [0.4, 0.5) is 13.2 Å². The van der Waals surface area contributed by atoms with Crippen molar-refractivity contribution in [3.63, 3.8) is 0 Å². The number of alkyl halides is 3. The lowest BCUT2D eigenvalue weighted by atomic mass is 10.2. The summed E-state index contributed by atoms with van der Waals surface area (Å²) in [7, 11) is 0. The Bertz CT molecular complexity index is 578. The second-order valence-electron chi connectivity index (χ2n) is 4.96. The van der Waals surface area contributed by atoms with E-state index in [-0.39, 0.29) is 0 Å². The van der Waals surface area contributed by atoms with Gasteiger partial charge < -0.3 is 5.32 Å². The molecule has 0 amide bonds. The van der Waals surface area contributed by atoms with Gasteiger partial charge in [0, 0.05) is 12.7 Å². The van der Waals surface area contributed by atoms with Gasteiger partial charge in [-0.15, -0.1) is 10.2 Å². The number of nitrogens with one attached hydrogen (secondary N) is 1. The first-order valence-electron chi connectivity index (χ1n) is 6.43. The molecular formula is C13H15F3N4S. The third-order valence-electron chi connectivity index (χ3n) is 2.61. The SMILES string of the molecule is CC(C)CNCc1nnc(-c2ccc(C(F)(F)F)cn2)s1. The lowest BCUT2D eigenvalue weighted by Gasteiger charge is -2.05. The predicted octanol–water partition coefficient (Wildman–Crippen LogP) is 3.36. The van der Waals surface area contributed by atoms with Crippen molar-refractivity contribution in [1.29, 1.82) is 0 Å². The molecule has 4 nitrogen and oxygen atoms in total. The van der Waals surface area contributed by atoms with E-state index in [1.165, 1.54) is 17.4 Å². The molecule has 21 heavy (non-hydrogen) atoms. The molecule has 8 heteroatoms. The standard InChI is InChI=1S/C13H15F3N4S/c1-8(2)5-17-7-11-19-20-12(21-11)10-4-3-9(6-18-10)13(14,15)16/h3-4,6,8,17H,5,7H2,1-2H3. The number of hydrogen-bond acceptors (Lipinski definition) is 5. The van der Waals surface area contributed by atoms with Gasteiger partial charge in [0.05, 0.1) is 5.56 Å². The monoisotopic (exact) mass is 316 g/mol. The Kier molecular flexibility index (Phi) is 4.89. The van der Waals surface area contributed by atoms with Crippen molar-refractivity contribution >= 4 is 11.3 Å². The van der Waals surface area contributed by atoms with Crippen molar-refractivity contribution in [2.24, 2.45) is 5.92 Å². The zero-order chi connectivity index (χ0) is 15.5. The summed E-state index contributed by atoms with van der Waals surface area (Å²) in [5.41, 5.74) is -0.370. The maximum Gasteiger partial charge on any atom is 0.417 e. The molecule has 1 N–H and O–H groups in total. The van der Waals surface area contributed by atoms with Crippen molar-refractivity contribution in [1.82, 2.24) is 20.5 Å². The summed E-state index contributed by atoms with van der Waals surface area (Å²) in [5.74, 6) is 0.536. The second-order valence-corrected chi connectivity index (χ2v) is 6.02. The molecule has 2 aromatic heterocycles. The van der Waals surface area contributed by atoms with Crippen molar-refractivity contribution in [3.05, 3.63) is 28.9 Å². The molecule has 0 saturated carbocycles. The minimum Gasteiger partial charge on any atom is -0.310 e. The highest BCUT2D eigenvalue weighted by molar-refractivity contribution is 7.14. The number of halogens is 3. The zero-order valence-corrected chi connectivity index (χ0v) is 12.4. The van der Waals surface area contributed by atoms with Crippen LogP contribution in [0.2, 0.25) is 0 Å². The largest absolute Gasteiger partial charge is 0.417 e. The molecule has 0 atom stereocenters. The van der Waals surface area contributed by atoms with Gasteiger partial charge >= 0.3 is 6.18 Å². The lowest BCUT2D eigenvalue weighted by Crippen LogP contribution is -2.18. The minimum atomic E-state index is -4.38. The number of hydrogen-bond donors (Lipinski definition) is 1. The number of rotatable bonds is 5. The van der Waals surface area contributed by atoms with E-state index in [2.05, 4.69) is 34.3 Å². The second kappa shape index (κ2) is 6.48. The van der Waals surface area contributed by atoms with Crippen LogP contribution >= 0.6 is 11.3 Å². The molecule has 2 rings (SSSR count). The summed E-state index contributed by atoms with van der Waals surface area (Å²) in [5, 5.41) is 12.5. The van der Waals surface area contributed by atoms with E-state index < -0.39 is 11.7 Å². The van der Waals surface area contributed by atoms with Gasteiger partial charge in [0.15, 0.2) is 5.01 Å². The predicted molar refractivity (Wildman–Crippen MR) is 74.7 cm³/mol. The quantitative estimate of drug-likeness (QED) is 0.919. The fourth-order valence-corrected chi connectivity index (χ4v) is 2.37. The Hall–Kier alpha value is -1.54. The van der Waals surface area contributed by atoms with Crippen LogP contribution in [0.5, 0.6) is 0 Å². The van der Waals surface area contributed by atoms with Crippen LogP contribution in [0.3, 0.4) is 0 Å². The van der Waals surface area contributed by atoms with Crippen LogP contribution in [-0.4, -0.2) is 21.7 Å². The van der Waals surface area contributed by atoms with E-state index in [1.807, 2.05) is 0 Å². The third-order valence-corrected chi connectivity index (χ3v) is 3.55. The van der Waals surface area contributed by atoms with Gasteiger partial charge in [-0.2, -0.15) is 13.2 Å². The van der Waals surface area contributed by atoms with Crippen molar-refractivity contribution in [3.8, 4) is 10.7 Å². The van der Waals surface area contributed by atoms with Crippen molar-refractivity contribution in [2.45, 2.75) is 26.6 Å². The molecule has 0 aliphatic carbocycles. The normalized spacial score (nSPS) is 12.1. The van der Waals surface area contributed by atoms with Gasteiger partial charge in [0.1, 0.15) is 10.7 Å². The Morgan fingerprint density at radius 2 is 2.00 bits per heavy atom. The first-order valence-corrected chi connectivity index (χ1v) is 7.24. The molecule has 2 heterocycles. The van der Waals surface area contributed by atoms with Crippen LogP contribution in [-0.2, 0) is 12.7 Å². The highest BCUT2D eigenvalue weighted by Crippen LogP contribution is 2.30. The van der Waals surface area contributed by atoms with Crippen molar-refractivity contribution in [2.75, 3.05) is 6.54 Å². The number of aromatic nitrogens is 3. The van der Waals surface area contributed by atoms with Gasteiger partial charge in [-0.1, -0.05) is 25.2 Å². The molecule has 0 spiro atoms. The molecule has 0 aliphatic heterocycles. The van der Waals surface area contributed by atoms with Crippen LogP contribution in [0.15, 0.2) is 18.3 Å². The molecule has 0 bridgehead atoms. The Balaban J connectivity index is 2.04. The van der Waals surface area contributed by atoms with E-state index in [9.17, 15) is 13.2 Å². The van der Waals surface area contributed by atoms with Gasteiger partial charge in [0.2, 0.25) is 0 Å². The minimum absolute atomic E-state index is 0.399. The van der Waals surface area contributed by atoms with Crippen LogP contribution in [0, 0.1) is 5.92 Å². The molecule has 0 radical (unpaired) electrons. The first-order chi connectivity index (χ1) is 9.86. The fourth-order valence-electron chi connectivity index (χ4n) is 1.58. The van der Waals surface area contributed by atoms with E-state index >= 15 is 0 Å². The van der Waals surface area contributed by atoms with E-state index in [0.717, 1.165) is 23.8 Å². The summed E-state index contributed by atoms with van der Waals surface area (Å²) >= 11 is 1.32. The molecule has 0 unspecified atom stereocenters. The van der Waals surface area contributed by atoms with Gasteiger partial charge in [0.25, 0.3) is 0 Å². The Morgan fingerprint density at radius 3 is 2.57 bits per heavy atom. The van der Waals surface area contributed by atoms with Crippen LogP contribution < -0.4 is 5.32 Å². The van der Waals surface area contributed by atoms with E-state index in [4.69, 9.17) is 0 Å². The maximum atomic E-state index is 12.5. The lowest BCUT2D eigenvalue weighted by molar-refractivity contribution is -0.137. The summed E-state index contributed by atoms with van der Waals surface area (Å²) in [6.45, 7) is 5.67. The van der Waals surface area contributed by atoms with E-state index in [1.54, 1.807) is 0 Å². The summed E-state index contributed by atoms with van der Waals surface area (Å²) < 4.78 is 37.4. The number of nitrogens with zero attached hydrogens (tertiary/aromatic N) is 3. The average Bonchev–Trinajstić information content (AvgIpc) is 2.86. The van der Waals surface area contributed by atoms with Crippen LogP contribution in [0.1, 0.15) is 24.4 Å². The maximum absolute atomic E-state index is 12.5. The summed E-state index contributed by atoms with van der Waals surface area (Å²) in [6.07, 6.45) is -3.56. The zero-order valence-electron chi connectivity index (χ0n) is 11.6. The van der Waals surface area contributed by atoms with E-state index in [0.29, 0.717) is 23.2 Å². The van der Waals surface area contributed by atoms with Crippen molar-refractivity contribution < 1.29 is 13.2 Å². The van der Waals surface area contributed by atoms with Gasteiger partial charge in [-0.25, -0.2) is 0 Å². The highest BCUT2D eigenvalue weighted by atomic mass is 32.1.